The van der Waals surface area contributed by atoms with Crippen molar-refractivity contribution in [2.24, 2.45) is 17.8 Å². The van der Waals surface area contributed by atoms with Crippen LogP contribution in [0.4, 0.5) is 0 Å². The van der Waals surface area contributed by atoms with Crippen molar-refractivity contribution in [1.29, 1.82) is 0 Å². The summed E-state index contributed by atoms with van der Waals surface area (Å²) < 4.78 is 43.5. The first kappa shape index (κ1) is 44.2. The predicted molar refractivity (Wildman–Crippen MR) is 195 cm³/mol. The number of hydrogen-bond donors (Lipinski definition) is 1. The van der Waals surface area contributed by atoms with Gasteiger partial charge in [-0.3, -0.25) is 9.59 Å². The molecule has 3 aliphatic rings. The maximum absolute atomic E-state index is 13.3. The van der Waals surface area contributed by atoms with Gasteiger partial charge in [0.2, 0.25) is 0 Å². The fourth-order valence-corrected chi connectivity index (χ4v) is 7.97. The van der Waals surface area contributed by atoms with Gasteiger partial charge in [-0.2, -0.15) is 0 Å². The second-order valence-electron chi connectivity index (χ2n) is 15.4. The lowest BCUT2D eigenvalue weighted by molar-refractivity contribution is -0.301. The number of carbonyl (C=O) groups is 3. The standard InChI is InChI=1S/C39H66N2O11/c1-23-21-29(19-20-42)37(52-39-36(45)35(41(9)10)25(3)26(4)49-39)38(46-11)32(50-28(6)43)22-33(44)47-24(2)15-13-12-14-16-31(23)51-34-18-17-30(40(7)8)27(5)48-34/h12-14,16,20,23-27,29-32,34-39,45H,15,17-19,21-22H2,1-11H3. The van der Waals surface area contributed by atoms with Crippen LogP contribution in [-0.4, -0.2) is 142 Å². The minimum atomic E-state index is -1.13. The molecule has 15 atom stereocenters. The molecule has 0 aromatic heterocycles. The molecule has 0 aliphatic carbocycles. The van der Waals surface area contributed by atoms with Crippen LogP contribution in [0.5, 0.6) is 0 Å². The van der Waals surface area contributed by atoms with Gasteiger partial charge >= 0.3 is 11.9 Å². The fourth-order valence-electron chi connectivity index (χ4n) is 7.97. The number of aliphatic hydroxyl groups is 1. The molecule has 0 radical (unpaired) electrons. The zero-order valence-electron chi connectivity index (χ0n) is 33.2. The van der Waals surface area contributed by atoms with Crippen LogP contribution in [0, 0.1) is 17.8 Å². The van der Waals surface area contributed by atoms with E-state index in [9.17, 15) is 19.5 Å². The Hall–Kier alpha value is -2.23. The second-order valence-corrected chi connectivity index (χ2v) is 15.4. The lowest BCUT2D eigenvalue weighted by Crippen LogP contribution is -2.61. The normalized spacial score (nSPS) is 40.0. The third-order valence-corrected chi connectivity index (χ3v) is 10.8. The number of aldehydes is 1. The molecule has 2 fully saturated rings. The molecule has 298 valence electrons. The van der Waals surface area contributed by atoms with E-state index < -0.39 is 67.1 Å². The van der Waals surface area contributed by atoms with Gasteiger partial charge in [0, 0.05) is 44.9 Å². The highest BCUT2D eigenvalue weighted by Crippen LogP contribution is 2.36. The Morgan fingerprint density at radius 3 is 2.29 bits per heavy atom. The average molecular weight is 739 g/mol. The molecule has 3 aliphatic heterocycles. The van der Waals surface area contributed by atoms with Crippen LogP contribution >= 0.6 is 0 Å². The topological polar surface area (TPSA) is 143 Å². The van der Waals surface area contributed by atoms with E-state index in [0.717, 1.165) is 19.1 Å². The molecule has 3 heterocycles. The molecule has 2 saturated heterocycles. The largest absolute Gasteiger partial charge is 0.462 e. The van der Waals surface area contributed by atoms with Gasteiger partial charge < -0.3 is 52.9 Å². The van der Waals surface area contributed by atoms with Crippen LogP contribution in [0.2, 0.25) is 0 Å². The second kappa shape index (κ2) is 21.0. The Balaban J connectivity index is 2.08. The van der Waals surface area contributed by atoms with Crippen molar-refractivity contribution in [3.63, 3.8) is 0 Å². The number of carbonyl (C=O) groups excluding carboxylic acids is 3. The van der Waals surface area contributed by atoms with Crippen molar-refractivity contribution in [2.45, 2.75) is 154 Å². The summed E-state index contributed by atoms with van der Waals surface area (Å²) in [6, 6.07) is -0.0175. The summed E-state index contributed by atoms with van der Waals surface area (Å²) in [4.78, 5) is 42.3. The third-order valence-electron chi connectivity index (χ3n) is 10.8. The van der Waals surface area contributed by atoms with E-state index in [1.807, 2.05) is 64.1 Å². The van der Waals surface area contributed by atoms with Gasteiger partial charge in [-0.1, -0.05) is 38.2 Å². The summed E-state index contributed by atoms with van der Waals surface area (Å²) in [6.45, 7) is 11.1. The molecule has 13 nitrogen and oxygen atoms in total. The van der Waals surface area contributed by atoms with Gasteiger partial charge in [0.15, 0.2) is 12.6 Å². The number of cyclic esters (lactones) is 1. The number of likely N-dealkylation sites (N-methyl/N-ethyl adjacent to an activating group) is 2. The van der Waals surface area contributed by atoms with E-state index in [-0.39, 0.29) is 49.0 Å². The lowest BCUT2D eigenvalue weighted by atomic mass is 9.82. The molecule has 15 unspecified atom stereocenters. The van der Waals surface area contributed by atoms with Crippen LogP contribution in [0.3, 0.4) is 0 Å². The first-order valence-corrected chi connectivity index (χ1v) is 18.9. The van der Waals surface area contributed by atoms with Crippen molar-refractivity contribution in [1.82, 2.24) is 9.80 Å². The molecule has 3 rings (SSSR count). The smallest absolute Gasteiger partial charge is 0.309 e. The summed E-state index contributed by atoms with van der Waals surface area (Å²) >= 11 is 0. The zero-order chi connectivity index (χ0) is 38.7. The van der Waals surface area contributed by atoms with Crippen molar-refractivity contribution >= 4 is 18.2 Å². The van der Waals surface area contributed by atoms with Crippen LogP contribution in [0.15, 0.2) is 24.3 Å². The monoisotopic (exact) mass is 738 g/mol. The lowest BCUT2D eigenvalue weighted by Gasteiger charge is -2.47. The maximum Gasteiger partial charge on any atom is 0.309 e. The number of allylic oxidation sites excluding steroid dienone is 2. The molecule has 52 heavy (non-hydrogen) atoms. The molecular formula is C39H66N2O11. The molecule has 0 saturated carbocycles. The van der Waals surface area contributed by atoms with Gasteiger partial charge in [0.05, 0.1) is 30.8 Å². The molecule has 1 N–H and O–H groups in total. The van der Waals surface area contributed by atoms with Crippen LogP contribution in [0.25, 0.3) is 0 Å². The Bertz CT molecular complexity index is 1180. The summed E-state index contributed by atoms with van der Waals surface area (Å²) in [7, 11) is 9.33. The number of aliphatic hydroxyl groups excluding tert-OH is 1. The number of methoxy groups -OCH3 is 1. The Kier molecular flexibility index (Phi) is 17.9. The quantitative estimate of drug-likeness (QED) is 0.256. The van der Waals surface area contributed by atoms with E-state index in [2.05, 4.69) is 25.9 Å². The minimum absolute atomic E-state index is 0.0205. The Morgan fingerprint density at radius 1 is 0.981 bits per heavy atom. The first-order chi connectivity index (χ1) is 24.6. The van der Waals surface area contributed by atoms with Gasteiger partial charge in [-0.05, 0) is 80.1 Å². The molecule has 0 bridgehead atoms. The highest BCUT2D eigenvalue weighted by atomic mass is 16.7. The van der Waals surface area contributed by atoms with Crippen molar-refractivity contribution in [2.75, 3.05) is 35.3 Å². The minimum Gasteiger partial charge on any atom is -0.462 e. The van der Waals surface area contributed by atoms with Gasteiger partial charge in [-0.25, -0.2) is 0 Å². The number of rotatable bonds is 10. The Labute approximate surface area is 311 Å². The Morgan fingerprint density at radius 2 is 1.69 bits per heavy atom. The van der Waals surface area contributed by atoms with Crippen LogP contribution < -0.4 is 0 Å². The van der Waals surface area contributed by atoms with Crippen molar-refractivity contribution in [3.8, 4) is 0 Å². The van der Waals surface area contributed by atoms with E-state index in [1.165, 1.54) is 14.0 Å². The first-order valence-electron chi connectivity index (χ1n) is 18.9. The molecule has 13 heteroatoms. The predicted octanol–water partition coefficient (Wildman–Crippen LogP) is 3.90. The van der Waals surface area contributed by atoms with E-state index in [0.29, 0.717) is 12.8 Å². The van der Waals surface area contributed by atoms with E-state index >= 15 is 0 Å². The summed E-state index contributed by atoms with van der Waals surface area (Å²) in [5, 5.41) is 11.6. The number of hydrogen-bond acceptors (Lipinski definition) is 13. The van der Waals surface area contributed by atoms with E-state index in [1.54, 1.807) is 6.92 Å². The molecule has 0 amide bonds. The molecule has 0 aromatic rings. The van der Waals surface area contributed by atoms with Gasteiger partial charge in [0.25, 0.3) is 0 Å². The molecule has 0 spiro atoms. The third kappa shape index (κ3) is 12.4. The van der Waals surface area contributed by atoms with Gasteiger partial charge in [-0.15, -0.1) is 0 Å². The highest BCUT2D eigenvalue weighted by Gasteiger charge is 2.48. The number of ether oxygens (including phenoxy) is 7. The summed E-state index contributed by atoms with van der Waals surface area (Å²) in [5.74, 6) is -1.93. The molecular weight excluding hydrogens is 672 g/mol. The number of esters is 2. The average Bonchev–Trinajstić information content (AvgIpc) is 3.05. The van der Waals surface area contributed by atoms with Crippen molar-refractivity contribution in [3.05, 3.63) is 24.3 Å². The summed E-state index contributed by atoms with van der Waals surface area (Å²) in [6.07, 6.45) is 3.89. The maximum atomic E-state index is 13.3. The highest BCUT2D eigenvalue weighted by molar-refractivity contribution is 5.72. The van der Waals surface area contributed by atoms with Crippen LogP contribution in [0.1, 0.15) is 80.1 Å². The van der Waals surface area contributed by atoms with Crippen LogP contribution in [-0.2, 0) is 47.5 Å². The van der Waals surface area contributed by atoms with E-state index in [4.69, 9.17) is 33.2 Å². The SMILES string of the molecule is COC1C(OC(C)=O)CC(=O)OC(C)CC=CC=CC(OC2CCC(N(C)C)C(C)O2)C(C)CC(CC=O)C1OC1OC(C)C(C)C(N(C)C)C1O. The van der Waals surface area contributed by atoms with Gasteiger partial charge in [0.1, 0.15) is 30.7 Å². The van der Waals surface area contributed by atoms with Crippen molar-refractivity contribution < 1.29 is 52.6 Å². The summed E-state index contributed by atoms with van der Waals surface area (Å²) in [5.41, 5.74) is 0. The zero-order valence-corrected chi connectivity index (χ0v) is 33.2. The number of nitrogens with zero attached hydrogens (tertiary/aromatic N) is 2. The molecule has 0 aromatic carbocycles. The fraction of sp³-hybridized carbons (Fsp3) is 0.821.